The van der Waals surface area contributed by atoms with E-state index in [9.17, 15) is 13.2 Å². The molecular weight excluding hydrogens is 428 g/mol. The topological polar surface area (TPSA) is 101 Å². The molecule has 1 aliphatic heterocycles. The van der Waals surface area contributed by atoms with Gasteiger partial charge in [0, 0.05) is 30.7 Å². The molecule has 1 aliphatic rings. The number of nitrogens with zero attached hydrogens (tertiary/aromatic N) is 2. The molecule has 1 aromatic heterocycles. The fourth-order valence-electron chi connectivity index (χ4n) is 3.37. The van der Waals surface area contributed by atoms with Crippen molar-refractivity contribution in [1.29, 1.82) is 0 Å². The summed E-state index contributed by atoms with van der Waals surface area (Å²) in [4.78, 5) is 19.2. The van der Waals surface area contributed by atoms with Crippen molar-refractivity contribution in [1.82, 2.24) is 4.98 Å². The molecule has 1 amide bonds. The molecule has 2 aromatic carbocycles. The zero-order chi connectivity index (χ0) is 22.6. The Morgan fingerprint density at radius 1 is 1.00 bits per heavy atom. The third-order valence-electron chi connectivity index (χ3n) is 5.14. The predicted molar refractivity (Wildman–Crippen MR) is 124 cm³/mol. The van der Waals surface area contributed by atoms with Crippen molar-refractivity contribution >= 4 is 33.0 Å². The van der Waals surface area contributed by atoms with Crippen LogP contribution < -0.4 is 14.9 Å². The minimum Gasteiger partial charge on any atom is -0.378 e. The lowest BCUT2D eigenvalue weighted by atomic mass is 10.2. The van der Waals surface area contributed by atoms with Gasteiger partial charge in [-0.25, -0.2) is 8.42 Å². The average Bonchev–Trinajstić information content (AvgIpc) is 2.80. The van der Waals surface area contributed by atoms with Gasteiger partial charge in [-0.3, -0.25) is 14.5 Å². The lowest BCUT2D eigenvalue weighted by molar-refractivity contribution is 0.102. The molecule has 2 heterocycles. The van der Waals surface area contributed by atoms with E-state index in [-0.39, 0.29) is 16.1 Å². The van der Waals surface area contributed by atoms with Gasteiger partial charge >= 0.3 is 0 Å². The van der Waals surface area contributed by atoms with Crippen LogP contribution in [-0.2, 0) is 14.8 Å². The number of morpholine rings is 1. The minimum absolute atomic E-state index is 0.107. The largest absolute Gasteiger partial charge is 0.378 e. The minimum atomic E-state index is -3.86. The maximum Gasteiger partial charge on any atom is 0.261 e. The summed E-state index contributed by atoms with van der Waals surface area (Å²) in [5.41, 5.74) is 2.89. The summed E-state index contributed by atoms with van der Waals surface area (Å²) < 4.78 is 33.3. The summed E-state index contributed by atoms with van der Waals surface area (Å²) in [6, 6.07) is 15.5. The molecule has 1 fully saturated rings. The summed E-state index contributed by atoms with van der Waals surface area (Å²) >= 11 is 0. The zero-order valence-corrected chi connectivity index (χ0v) is 18.4. The van der Waals surface area contributed by atoms with Crippen molar-refractivity contribution in [3.63, 3.8) is 0 Å². The SMILES string of the molecule is Cc1ccc(S(=O)(=O)Nc2cnccc2C(=O)Nc2ccc(N3CCOCC3)cc2)cc1. The Balaban J connectivity index is 1.49. The number of aromatic nitrogens is 1. The maximum atomic E-state index is 12.9. The lowest BCUT2D eigenvalue weighted by Crippen LogP contribution is -2.36. The first-order valence-electron chi connectivity index (χ1n) is 10.2. The molecule has 0 unspecified atom stereocenters. The molecule has 4 rings (SSSR count). The first-order valence-corrected chi connectivity index (χ1v) is 11.7. The van der Waals surface area contributed by atoms with Gasteiger partial charge in [-0.1, -0.05) is 17.7 Å². The number of sulfonamides is 1. The Labute approximate surface area is 187 Å². The van der Waals surface area contributed by atoms with Gasteiger partial charge in [0.2, 0.25) is 0 Å². The van der Waals surface area contributed by atoms with Crippen LogP contribution in [0.3, 0.4) is 0 Å². The highest BCUT2D eigenvalue weighted by molar-refractivity contribution is 7.92. The third kappa shape index (κ3) is 5.06. The maximum absolute atomic E-state index is 12.9. The van der Waals surface area contributed by atoms with E-state index in [1.165, 1.54) is 30.6 Å². The molecule has 0 bridgehead atoms. The van der Waals surface area contributed by atoms with E-state index in [0.29, 0.717) is 18.9 Å². The van der Waals surface area contributed by atoms with E-state index in [1.807, 2.05) is 31.2 Å². The van der Waals surface area contributed by atoms with Crippen LogP contribution in [0.4, 0.5) is 17.1 Å². The quantitative estimate of drug-likeness (QED) is 0.595. The van der Waals surface area contributed by atoms with E-state index in [4.69, 9.17) is 4.74 Å². The number of hydrogen-bond acceptors (Lipinski definition) is 6. The summed E-state index contributed by atoms with van der Waals surface area (Å²) in [5, 5.41) is 2.82. The van der Waals surface area contributed by atoms with Crippen molar-refractivity contribution in [3.05, 3.63) is 78.1 Å². The first-order chi connectivity index (χ1) is 15.4. The average molecular weight is 453 g/mol. The third-order valence-corrected chi connectivity index (χ3v) is 6.52. The zero-order valence-electron chi connectivity index (χ0n) is 17.6. The van der Waals surface area contributed by atoms with Gasteiger partial charge in [-0.2, -0.15) is 0 Å². The highest BCUT2D eigenvalue weighted by Crippen LogP contribution is 2.23. The van der Waals surface area contributed by atoms with Gasteiger partial charge in [0.25, 0.3) is 15.9 Å². The van der Waals surface area contributed by atoms with E-state index in [1.54, 1.807) is 12.1 Å². The molecule has 0 radical (unpaired) electrons. The van der Waals surface area contributed by atoms with Crippen LogP contribution in [0.2, 0.25) is 0 Å². The number of carbonyl (C=O) groups is 1. The molecule has 0 spiro atoms. The number of amides is 1. The van der Waals surface area contributed by atoms with Crippen molar-refractivity contribution in [2.75, 3.05) is 41.2 Å². The second-order valence-electron chi connectivity index (χ2n) is 7.44. The number of nitrogens with one attached hydrogen (secondary N) is 2. The van der Waals surface area contributed by atoms with Crippen molar-refractivity contribution in [3.8, 4) is 0 Å². The van der Waals surface area contributed by atoms with Crippen molar-refractivity contribution in [2.24, 2.45) is 0 Å². The van der Waals surface area contributed by atoms with Gasteiger partial charge < -0.3 is 15.0 Å². The van der Waals surface area contributed by atoms with E-state index < -0.39 is 15.9 Å². The molecule has 3 aromatic rings. The van der Waals surface area contributed by atoms with Gasteiger partial charge in [0.1, 0.15) is 0 Å². The van der Waals surface area contributed by atoms with Crippen LogP contribution in [0.15, 0.2) is 71.9 Å². The predicted octanol–water partition coefficient (Wildman–Crippen LogP) is 3.28. The highest BCUT2D eigenvalue weighted by atomic mass is 32.2. The number of carbonyl (C=O) groups excluding carboxylic acids is 1. The summed E-state index contributed by atoms with van der Waals surface area (Å²) in [6.07, 6.45) is 2.77. The van der Waals surface area contributed by atoms with Gasteiger partial charge in [0.05, 0.1) is 35.6 Å². The molecular formula is C23H24N4O4S. The number of hydrogen-bond donors (Lipinski definition) is 2. The Bertz CT molecular complexity index is 1190. The second kappa shape index (κ2) is 9.37. The van der Waals surface area contributed by atoms with Crippen LogP contribution in [0.5, 0.6) is 0 Å². The fourth-order valence-corrected chi connectivity index (χ4v) is 4.43. The number of ether oxygens (including phenoxy) is 1. The fraction of sp³-hybridized carbons (Fsp3) is 0.217. The first kappa shape index (κ1) is 21.8. The number of benzene rings is 2. The summed E-state index contributed by atoms with van der Waals surface area (Å²) in [6.45, 7) is 4.92. The molecule has 0 atom stereocenters. The van der Waals surface area contributed by atoms with E-state index >= 15 is 0 Å². The summed E-state index contributed by atoms with van der Waals surface area (Å²) in [7, 11) is -3.86. The molecule has 1 saturated heterocycles. The van der Waals surface area contributed by atoms with Crippen LogP contribution in [0.25, 0.3) is 0 Å². The molecule has 8 nitrogen and oxygen atoms in total. The van der Waals surface area contributed by atoms with Crippen molar-refractivity contribution in [2.45, 2.75) is 11.8 Å². The van der Waals surface area contributed by atoms with Crippen LogP contribution in [0, 0.1) is 6.92 Å². The Kier molecular flexibility index (Phi) is 6.38. The number of rotatable bonds is 6. The summed E-state index contributed by atoms with van der Waals surface area (Å²) in [5.74, 6) is -0.437. The van der Waals surface area contributed by atoms with Crippen LogP contribution >= 0.6 is 0 Å². The highest BCUT2D eigenvalue weighted by Gasteiger charge is 2.19. The van der Waals surface area contributed by atoms with E-state index in [0.717, 1.165) is 24.3 Å². The molecule has 9 heteroatoms. The molecule has 166 valence electrons. The lowest BCUT2D eigenvalue weighted by Gasteiger charge is -2.28. The Hall–Kier alpha value is -3.43. The molecule has 2 N–H and O–H groups in total. The Morgan fingerprint density at radius 3 is 2.38 bits per heavy atom. The monoisotopic (exact) mass is 452 g/mol. The molecule has 0 saturated carbocycles. The number of anilines is 3. The Morgan fingerprint density at radius 2 is 1.69 bits per heavy atom. The smallest absolute Gasteiger partial charge is 0.261 e. The van der Waals surface area contributed by atoms with Gasteiger partial charge in [-0.05, 0) is 49.4 Å². The van der Waals surface area contributed by atoms with Crippen LogP contribution in [-0.4, -0.2) is 45.6 Å². The number of aryl methyl sites for hydroxylation is 1. The normalized spacial score (nSPS) is 14.1. The van der Waals surface area contributed by atoms with E-state index in [2.05, 4.69) is 19.9 Å². The number of pyridine rings is 1. The van der Waals surface area contributed by atoms with Gasteiger partial charge in [0.15, 0.2) is 0 Å². The molecule has 32 heavy (non-hydrogen) atoms. The standard InChI is InChI=1S/C23H24N4O4S/c1-17-2-8-20(9-3-17)32(29,30)26-22-16-24-11-10-21(22)23(28)25-18-4-6-19(7-5-18)27-12-14-31-15-13-27/h2-11,16,26H,12-15H2,1H3,(H,25,28). The van der Waals surface area contributed by atoms with Crippen molar-refractivity contribution < 1.29 is 17.9 Å². The second-order valence-corrected chi connectivity index (χ2v) is 9.12. The van der Waals surface area contributed by atoms with Crippen LogP contribution in [0.1, 0.15) is 15.9 Å². The molecule has 0 aliphatic carbocycles. The van der Waals surface area contributed by atoms with Gasteiger partial charge in [-0.15, -0.1) is 0 Å².